The molecule has 530 valence electrons. The number of amides is 7. The number of carbonyl (C=O) groups excluding carboxylic acids is 7. The number of nitrogens with zero attached hydrogens (tertiary/aromatic N) is 6. The van der Waals surface area contributed by atoms with Crippen LogP contribution in [0.2, 0.25) is 0 Å². The van der Waals surface area contributed by atoms with Gasteiger partial charge in [-0.3, -0.25) is 72.5 Å². The Morgan fingerprint density at radius 1 is 0.568 bits per heavy atom. The minimum Gasteiger partial charge on any atom is -0.484 e. The summed E-state index contributed by atoms with van der Waals surface area (Å²) in [6.07, 6.45) is 7.08. The molecule has 95 heavy (non-hydrogen) atoms. The fraction of sp³-hybridized carbons (Fsp3) is 0.672. The summed E-state index contributed by atoms with van der Waals surface area (Å²) in [4.78, 5) is 150. The summed E-state index contributed by atoms with van der Waals surface area (Å²) in [7, 11) is -1.67. The van der Waals surface area contributed by atoms with Gasteiger partial charge in [-0.2, -0.15) is 0 Å². The lowest BCUT2D eigenvalue weighted by atomic mass is 9.78. The van der Waals surface area contributed by atoms with Gasteiger partial charge < -0.3 is 86.2 Å². The molecule has 2 aromatic rings. The van der Waals surface area contributed by atoms with Crippen molar-refractivity contribution in [2.24, 2.45) is 0 Å². The topological polar surface area (TPSA) is 447 Å². The average molecular weight is 1350 g/mol. The van der Waals surface area contributed by atoms with E-state index in [-0.39, 0.29) is 181 Å². The molecule has 2 aliphatic heterocycles. The molecule has 0 spiro atoms. The molecule has 12 N–H and O–H groups in total. The van der Waals surface area contributed by atoms with E-state index in [0.717, 1.165) is 19.3 Å². The average Bonchev–Trinajstić information content (AvgIpc) is 1.04. The maximum Gasteiger partial charge on any atom is 0.475 e. The van der Waals surface area contributed by atoms with Crippen molar-refractivity contribution in [3.63, 3.8) is 0 Å². The molecule has 0 bridgehead atoms. The molecular formula is C61H97BN12O21. The van der Waals surface area contributed by atoms with Crippen molar-refractivity contribution in [1.29, 1.82) is 0 Å². The lowest BCUT2D eigenvalue weighted by molar-refractivity contribution is -0.142. The van der Waals surface area contributed by atoms with E-state index in [4.69, 9.17) is 18.9 Å². The first-order valence-corrected chi connectivity index (χ1v) is 32.5. The Kier molecular flexibility index (Phi) is 38.3. The van der Waals surface area contributed by atoms with Crippen LogP contribution in [0.3, 0.4) is 0 Å². The summed E-state index contributed by atoms with van der Waals surface area (Å²) < 4.78 is 22.3. The summed E-state index contributed by atoms with van der Waals surface area (Å²) in [5.41, 5.74) is 0.669. The number of rotatable bonds is 45. The molecule has 4 rings (SSSR count). The number of carbonyl (C=O) groups is 11. The third kappa shape index (κ3) is 33.5. The Balaban J connectivity index is 1.17. The zero-order valence-corrected chi connectivity index (χ0v) is 54.3. The molecule has 0 saturated carbocycles. The summed E-state index contributed by atoms with van der Waals surface area (Å²) >= 11 is 0. The maximum atomic E-state index is 13.7. The second-order valence-corrected chi connectivity index (χ2v) is 23.1. The number of hydrogen-bond donors (Lipinski definition) is 12. The van der Waals surface area contributed by atoms with Crippen LogP contribution in [0.1, 0.15) is 101 Å². The number of aromatic nitrogens is 1. The van der Waals surface area contributed by atoms with Gasteiger partial charge in [0.2, 0.25) is 29.5 Å². The van der Waals surface area contributed by atoms with Gasteiger partial charge in [0, 0.05) is 109 Å². The molecule has 7 amide bonds. The van der Waals surface area contributed by atoms with E-state index in [1.54, 1.807) is 37.8 Å². The summed E-state index contributed by atoms with van der Waals surface area (Å²) in [5, 5.41) is 74.4. The number of pyridine rings is 1. The van der Waals surface area contributed by atoms with Crippen molar-refractivity contribution in [2.75, 3.05) is 158 Å². The van der Waals surface area contributed by atoms with E-state index < -0.39 is 78.6 Å². The van der Waals surface area contributed by atoms with Crippen molar-refractivity contribution in [3.05, 3.63) is 36.0 Å². The smallest absolute Gasteiger partial charge is 0.475 e. The number of unbranched alkanes of at least 4 members (excludes halogenated alkanes) is 4. The number of aliphatic carboxylic acids is 4. The number of benzene rings is 1. The largest absolute Gasteiger partial charge is 0.484 e. The highest BCUT2D eigenvalue weighted by Gasteiger charge is 2.37. The predicted molar refractivity (Wildman–Crippen MR) is 343 cm³/mol. The summed E-state index contributed by atoms with van der Waals surface area (Å²) in [5.74, 6) is -8.02. The van der Waals surface area contributed by atoms with Crippen LogP contribution in [-0.4, -0.2) is 308 Å². The van der Waals surface area contributed by atoms with Crippen molar-refractivity contribution in [2.45, 2.75) is 108 Å². The van der Waals surface area contributed by atoms with Crippen LogP contribution in [-0.2, 0) is 62.2 Å². The lowest BCUT2D eigenvalue weighted by Crippen LogP contribution is -2.51. The minimum atomic E-state index is -1.67. The highest BCUT2D eigenvalue weighted by atomic mass is 16.5. The van der Waals surface area contributed by atoms with Crippen LogP contribution in [0.15, 0.2) is 30.5 Å². The quantitative estimate of drug-likeness (QED) is 0.0243. The number of likely N-dealkylation sites (tertiary alicyclic amines) is 1. The molecule has 2 aliphatic rings. The highest BCUT2D eigenvalue weighted by Crippen LogP contribution is 2.23. The number of hydrogen-bond acceptors (Lipinski definition) is 22. The third-order valence-corrected chi connectivity index (χ3v) is 15.6. The Hall–Kier alpha value is -7.70. The molecule has 2 saturated heterocycles. The van der Waals surface area contributed by atoms with Crippen molar-refractivity contribution in [3.8, 4) is 5.75 Å². The Bertz CT molecular complexity index is 2740. The molecule has 1 aromatic carbocycles. The third-order valence-electron chi connectivity index (χ3n) is 15.6. The van der Waals surface area contributed by atoms with Crippen LogP contribution in [0.5, 0.6) is 5.75 Å². The van der Waals surface area contributed by atoms with Gasteiger partial charge in [0.25, 0.3) is 11.8 Å². The normalized spacial score (nSPS) is 15.9. The molecule has 0 unspecified atom stereocenters. The lowest BCUT2D eigenvalue weighted by Gasteiger charge is -2.32. The number of fused-ring (bicyclic) bond motifs is 1. The Morgan fingerprint density at radius 2 is 1.12 bits per heavy atom. The van der Waals surface area contributed by atoms with Crippen LogP contribution >= 0.6 is 0 Å². The first kappa shape index (κ1) is 79.7. The van der Waals surface area contributed by atoms with Gasteiger partial charge in [0.15, 0.2) is 6.61 Å². The van der Waals surface area contributed by atoms with Gasteiger partial charge in [-0.1, -0.05) is 19.8 Å². The molecule has 1 aromatic heterocycles. The molecule has 33 nitrogen and oxygen atoms in total. The first-order valence-electron chi connectivity index (χ1n) is 32.5. The van der Waals surface area contributed by atoms with E-state index in [1.807, 2.05) is 6.92 Å². The van der Waals surface area contributed by atoms with Crippen molar-refractivity contribution < 1.29 is 102 Å². The molecule has 2 fully saturated rings. The summed E-state index contributed by atoms with van der Waals surface area (Å²) in [6, 6.07) is 3.82. The summed E-state index contributed by atoms with van der Waals surface area (Å²) in [6.45, 7) is 3.99. The first-order chi connectivity index (χ1) is 45.6. The Labute approximate surface area is 552 Å². The molecule has 34 heteroatoms. The van der Waals surface area contributed by atoms with Crippen LogP contribution in [0, 0.1) is 0 Å². The highest BCUT2D eigenvalue weighted by molar-refractivity contribution is 6.43. The van der Waals surface area contributed by atoms with E-state index in [9.17, 15) is 83.2 Å². The van der Waals surface area contributed by atoms with E-state index in [1.165, 1.54) is 17.2 Å². The number of ether oxygens (including phenoxy) is 4. The second kappa shape index (κ2) is 45.6. The predicted octanol–water partition coefficient (Wildman–Crippen LogP) is -2.41. The minimum absolute atomic E-state index is 0.0391. The van der Waals surface area contributed by atoms with Crippen LogP contribution < -0.4 is 36.6 Å². The van der Waals surface area contributed by atoms with E-state index in [0.29, 0.717) is 74.7 Å². The van der Waals surface area contributed by atoms with Gasteiger partial charge >= 0.3 is 31.0 Å². The van der Waals surface area contributed by atoms with Gasteiger partial charge in [-0.05, 0) is 76.0 Å². The number of carboxylic acids is 4. The molecular weight excluding hydrogens is 1250 g/mol. The molecule has 3 atom stereocenters. The number of carboxylic acid groups (broad SMARTS) is 4. The second-order valence-electron chi connectivity index (χ2n) is 23.1. The van der Waals surface area contributed by atoms with E-state index >= 15 is 0 Å². The zero-order valence-electron chi connectivity index (χ0n) is 54.3. The fourth-order valence-electron chi connectivity index (χ4n) is 10.5. The molecule has 0 radical (unpaired) electrons. The SMILES string of the molecule is CCCCCC(=O)NCCCC[C@H](NC(=O)[C@H](CCCCNC(=O)CN1CCN(CC(=O)O)CCN(CC(=O)O)CCN(CC(=O)O)CC1)NC(=O)CCOCCOCCOCCNC(=O)COc1ccc2c(C(=O)NCC(=O)N3CCC[C@H]3B(O)O)ccnc2c1)C(=O)O. The fourth-order valence-corrected chi connectivity index (χ4v) is 10.5. The van der Waals surface area contributed by atoms with Gasteiger partial charge in [-0.15, -0.1) is 0 Å². The van der Waals surface area contributed by atoms with Gasteiger partial charge in [0.1, 0.15) is 17.8 Å². The Morgan fingerprint density at radius 3 is 1.68 bits per heavy atom. The monoisotopic (exact) mass is 1340 g/mol. The standard InChI is InChI=1S/C61H97BN12O21/c1-2-3-4-13-51(75)64-18-8-6-11-48(61(88)89)69-60(87)47(10-5-7-19-65-53(77)39-70-23-25-71(40-56(80)81)27-29-73(42-58(84)85)30-28-72(26-24-70)41-57(82)83)68-52(76)17-31-92-33-35-94-36-34-93-32-21-66-54(78)43-95-44-14-15-45-46(16-20-63-49(45)37-44)59(86)67-38-55(79)74-22-9-12-50(74)62(90)91/h14-16,20,37,47-48,50,90-91H,2-13,17-19,21-36,38-43H2,1H3,(H,64,75)(H,65,77)(H,66,78)(H,67,86)(H,68,76)(H,69,87)(H,80,81)(H,82,83)(H,84,85)(H,88,89)/t47-,48-,50-/m0/s1. The van der Waals surface area contributed by atoms with Crippen molar-refractivity contribution >= 4 is 83.2 Å². The van der Waals surface area contributed by atoms with E-state index in [2.05, 4.69) is 36.9 Å². The zero-order chi connectivity index (χ0) is 69.3. The number of nitrogens with one attached hydrogen (secondary N) is 6. The van der Waals surface area contributed by atoms with Crippen molar-refractivity contribution in [1.82, 2.24) is 61.4 Å². The van der Waals surface area contributed by atoms with Crippen LogP contribution in [0.4, 0.5) is 0 Å². The molecule has 3 heterocycles. The maximum absolute atomic E-state index is 13.7. The van der Waals surface area contributed by atoms with Gasteiger partial charge in [-0.25, -0.2) is 4.79 Å². The van der Waals surface area contributed by atoms with Gasteiger partial charge in [0.05, 0.1) is 89.4 Å². The van der Waals surface area contributed by atoms with Crippen LogP contribution in [0.25, 0.3) is 10.9 Å². The molecule has 0 aliphatic carbocycles.